The van der Waals surface area contributed by atoms with E-state index in [4.69, 9.17) is 23.8 Å². The minimum atomic E-state index is -0.150. The van der Waals surface area contributed by atoms with Crippen LogP contribution in [0.15, 0.2) is 40.5 Å². The third-order valence-electron chi connectivity index (χ3n) is 2.62. The quantitative estimate of drug-likeness (QED) is 0.694. The molecule has 1 aromatic carbocycles. The average molecular weight is 295 g/mol. The van der Waals surface area contributed by atoms with Crippen LogP contribution < -0.4 is 5.56 Å². The number of rotatable bonds is 1. The molecule has 0 fully saturated rings. The Balaban J connectivity index is 2.47. The van der Waals surface area contributed by atoms with Crippen molar-refractivity contribution < 1.29 is 0 Å². The van der Waals surface area contributed by atoms with Gasteiger partial charge in [-0.25, -0.2) is 0 Å². The number of hydrogen-bond acceptors (Lipinski definition) is 3. The maximum absolute atomic E-state index is 12.4. The lowest BCUT2D eigenvalue weighted by Gasteiger charge is -2.07. The van der Waals surface area contributed by atoms with Gasteiger partial charge in [-0.15, -0.1) is 11.3 Å². The van der Waals surface area contributed by atoms with Gasteiger partial charge in [-0.2, -0.15) is 0 Å². The second-order valence-electron chi connectivity index (χ2n) is 3.69. The summed E-state index contributed by atoms with van der Waals surface area (Å²) in [6.07, 6.45) is 0. The fourth-order valence-electron chi connectivity index (χ4n) is 1.79. The first-order valence-electron chi connectivity index (χ1n) is 5.16. The highest BCUT2D eigenvalue weighted by molar-refractivity contribution is 7.71. The SMILES string of the molecule is O=c1c2ccsc2[nH]c(=S)n1-c1ccccc1Cl. The summed E-state index contributed by atoms with van der Waals surface area (Å²) in [4.78, 5) is 16.2. The number of nitrogens with one attached hydrogen (secondary N) is 1. The standard InChI is InChI=1S/C12H7ClN2OS2/c13-8-3-1-2-4-9(8)15-11(16)7-5-6-18-10(7)14-12(15)17/h1-6H,(H,14,17). The summed E-state index contributed by atoms with van der Waals surface area (Å²) in [7, 11) is 0. The Morgan fingerprint density at radius 3 is 2.83 bits per heavy atom. The molecule has 3 rings (SSSR count). The lowest BCUT2D eigenvalue weighted by atomic mass is 10.3. The second kappa shape index (κ2) is 4.35. The maximum atomic E-state index is 12.4. The number of benzene rings is 1. The van der Waals surface area contributed by atoms with Gasteiger partial charge in [0.05, 0.1) is 16.1 Å². The fourth-order valence-corrected chi connectivity index (χ4v) is 3.14. The van der Waals surface area contributed by atoms with Crippen LogP contribution in [0.3, 0.4) is 0 Å². The van der Waals surface area contributed by atoms with Crippen molar-refractivity contribution in [2.24, 2.45) is 0 Å². The van der Waals surface area contributed by atoms with Gasteiger partial charge in [0.15, 0.2) is 4.77 Å². The van der Waals surface area contributed by atoms with Gasteiger partial charge in [-0.3, -0.25) is 9.36 Å². The molecule has 0 aliphatic rings. The summed E-state index contributed by atoms with van der Waals surface area (Å²) in [5.74, 6) is 0. The first-order chi connectivity index (χ1) is 8.68. The number of thiophene rings is 1. The van der Waals surface area contributed by atoms with E-state index in [-0.39, 0.29) is 5.56 Å². The normalized spacial score (nSPS) is 10.9. The molecule has 2 aromatic heterocycles. The van der Waals surface area contributed by atoms with Crippen LogP contribution in [0.1, 0.15) is 0 Å². The third kappa shape index (κ3) is 1.71. The van der Waals surface area contributed by atoms with Gasteiger partial charge in [0.25, 0.3) is 5.56 Å². The first kappa shape index (κ1) is 11.6. The van der Waals surface area contributed by atoms with Crippen LogP contribution in [0.5, 0.6) is 0 Å². The van der Waals surface area contributed by atoms with Crippen LogP contribution in [0.25, 0.3) is 15.9 Å². The molecule has 0 saturated heterocycles. The molecule has 0 amide bonds. The van der Waals surface area contributed by atoms with Crippen molar-refractivity contribution in [2.45, 2.75) is 0 Å². The number of hydrogen-bond donors (Lipinski definition) is 1. The molecule has 3 nitrogen and oxygen atoms in total. The van der Waals surface area contributed by atoms with E-state index in [0.29, 0.717) is 20.9 Å². The Labute approximate surface area is 116 Å². The van der Waals surface area contributed by atoms with Crippen molar-refractivity contribution in [1.29, 1.82) is 0 Å². The summed E-state index contributed by atoms with van der Waals surface area (Å²) in [5, 5.41) is 2.97. The van der Waals surface area contributed by atoms with E-state index in [9.17, 15) is 4.79 Å². The van der Waals surface area contributed by atoms with Gasteiger partial charge in [0, 0.05) is 0 Å². The molecule has 0 atom stereocenters. The number of para-hydroxylation sites is 1. The molecule has 0 aliphatic carbocycles. The molecule has 0 spiro atoms. The maximum Gasteiger partial charge on any atom is 0.267 e. The Morgan fingerprint density at radius 1 is 1.28 bits per heavy atom. The molecule has 0 aliphatic heterocycles. The van der Waals surface area contributed by atoms with Crippen LogP contribution in [0.2, 0.25) is 5.02 Å². The topological polar surface area (TPSA) is 37.8 Å². The van der Waals surface area contributed by atoms with E-state index in [2.05, 4.69) is 4.98 Å². The molecule has 0 saturated carbocycles. The molecule has 6 heteroatoms. The van der Waals surface area contributed by atoms with Gasteiger partial charge in [-0.1, -0.05) is 23.7 Å². The predicted octanol–water partition coefficient (Wildman–Crippen LogP) is 3.76. The van der Waals surface area contributed by atoms with E-state index < -0.39 is 0 Å². The molecular weight excluding hydrogens is 288 g/mol. The van der Waals surface area contributed by atoms with Crippen molar-refractivity contribution in [3.8, 4) is 5.69 Å². The smallest absolute Gasteiger partial charge is 0.267 e. The number of fused-ring (bicyclic) bond motifs is 1. The Morgan fingerprint density at radius 2 is 2.06 bits per heavy atom. The van der Waals surface area contributed by atoms with E-state index in [1.807, 2.05) is 17.5 Å². The zero-order valence-corrected chi connectivity index (χ0v) is 11.4. The first-order valence-corrected chi connectivity index (χ1v) is 6.82. The van der Waals surface area contributed by atoms with E-state index >= 15 is 0 Å². The molecular formula is C12H7ClN2OS2. The van der Waals surface area contributed by atoms with Gasteiger partial charge in [-0.05, 0) is 35.8 Å². The molecule has 0 unspecified atom stereocenters. The van der Waals surface area contributed by atoms with Gasteiger partial charge < -0.3 is 4.98 Å². The van der Waals surface area contributed by atoms with Crippen molar-refractivity contribution in [1.82, 2.24) is 9.55 Å². The van der Waals surface area contributed by atoms with Crippen molar-refractivity contribution in [3.05, 3.63) is 55.9 Å². The fraction of sp³-hybridized carbons (Fsp3) is 0. The molecule has 90 valence electrons. The molecule has 2 heterocycles. The number of H-pyrrole nitrogens is 1. The van der Waals surface area contributed by atoms with E-state index in [1.165, 1.54) is 15.9 Å². The van der Waals surface area contributed by atoms with Crippen LogP contribution >= 0.6 is 35.2 Å². The molecule has 1 N–H and O–H groups in total. The monoisotopic (exact) mass is 294 g/mol. The highest BCUT2D eigenvalue weighted by Crippen LogP contribution is 2.20. The molecule has 0 bridgehead atoms. The highest BCUT2D eigenvalue weighted by atomic mass is 35.5. The van der Waals surface area contributed by atoms with Crippen molar-refractivity contribution in [3.63, 3.8) is 0 Å². The summed E-state index contributed by atoms with van der Waals surface area (Å²) >= 11 is 12.8. The summed E-state index contributed by atoms with van der Waals surface area (Å²) in [5.41, 5.74) is 0.446. The van der Waals surface area contributed by atoms with E-state index in [1.54, 1.807) is 18.2 Å². The van der Waals surface area contributed by atoms with Crippen LogP contribution in [0, 0.1) is 4.77 Å². The highest BCUT2D eigenvalue weighted by Gasteiger charge is 2.10. The summed E-state index contributed by atoms with van der Waals surface area (Å²) in [6.45, 7) is 0. The predicted molar refractivity (Wildman–Crippen MR) is 77.6 cm³/mol. The second-order valence-corrected chi connectivity index (χ2v) is 5.40. The molecule has 18 heavy (non-hydrogen) atoms. The number of nitrogens with zero attached hydrogens (tertiary/aromatic N) is 1. The Kier molecular flexibility index (Phi) is 2.81. The molecule has 3 aromatic rings. The number of aromatic nitrogens is 2. The zero-order chi connectivity index (χ0) is 12.7. The largest absolute Gasteiger partial charge is 0.323 e. The lowest BCUT2D eigenvalue weighted by Crippen LogP contribution is -2.19. The van der Waals surface area contributed by atoms with E-state index in [0.717, 1.165) is 4.83 Å². The van der Waals surface area contributed by atoms with Crippen LogP contribution in [-0.2, 0) is 0 Å². The minimum Gasteiger partial charge on any atom is -0.323 e. The number of aromatic amines is 1. The Bertz CT molecular complexity index is 847. The van der Waals surface area contributed by atoms with Gasteiger partial charge >= 0.3 is 0 Å². The Hall–Kier alpha value is -1.43. The lowest BCUT2D eigenvalue weighted by molar-refractivity contribution is 0.943. The van der Waals surface area contributed by atoms with Crippen LogP contribution in [-0.4, -0.2) is 9.55 Å². The summed E-state index contributed by atoms with van der Waals surface area (Å²) in [6, 6.07) is 8.91. The average Bonchev–Trinajstić information content (AvgIpc) is 2.79. The van der Waals surface area contributed by atoms with Gasteiger partial charge in [0.1, 0.15) is 4.83 Å². The van der Waals surface area contributed by atoms with Gasteiger partial charge in [0.2, 0.25) is 0 Å². The summed E-state index contributed by atoms with van der Waals surface area (Å²) < 4.78 is 1.77. The third-order valence-corrected chi connectivity index (χ3v) is 4.05. The zero-order valence-electron chi connectivity index (χ0n) is 9.01. The van der Waals surface area contributed by atoms with Crippen molar-refractivity contribution in [2.75, 3.05) is 0 Å². The molecule has 0 radical (unpaired) electrons. The number of halogens is 1. The van der Waals surface area contributed by atoms with Crippen molar-refractivity contribution >= 4 is 45.4 Å². The van der Waals surface area contributed by atoms with Crippen LogP contribution in [0.4, 0.5) is 0 Å². The minimum absolute atomic E-state index is 0.150.